The Morgan fingerprint density at radius 3 is 1.42 bits per heavy atom. The second-order valence-electron chi connectivity index (χ2n) is 12.8. The van der Waals surface area contributed by atoms with E-state index >= 15 is 0 Å². The summed E-state index contributed by atoms with van der Waals surface area (Å²) >= 11 is 0. The molecule has 0 heterocycles. The summed E-state index contributed by atoms with van der Waals surface area (Å²) in [5, 5.41) is 10.6. The van der Waals surface area contributed by atoms with Crippen molar-refractivity contribution in [3.8, 4) is 5.75 Å². The van der Waals surface area contributed by atoms with Gasteiger partial charge in [0.15, 0.2) is 0 Å². The summed E-state index contributed by atoms with van der Waals surface area (Å²) in [5.41, 5.74) is 1.78. The van der Waals surface area contributed by atoms with Gasteiger partial charge in [-0.05, 0) is 34.9 Å². The quantitative estimate of drug-likeness (QED) is 0.160. The van der Waals surface area contributed by atoms with Crippen LogP contribution in [0.25, 0.3) is 0 Å². The van der Waals surface area contributed by atoms with Crippen LogP contribution in [0.3, 0.4) is 0 Å². The van der Waals surface area contributed by atoms with E-state index in [1.54, 1.807) is 12.1 Å². The molecule has 0 atom stereocenters. The minimum Gasteiger partial charge on any atom is -0.508 e. The maximum atomic E-state index is 13.0. The molecule has 0 aliphatic rings. The van der Waals surface area contributed by atoms with Gasteiger partial charge in [0.1, 0.15) is 5.75 Å². The van der Waals surface area contributed by atoms with Crippen LogP contribution >= 0.6 is 0 Å². The molecule has 0 aliphatic heterocycles. The Hall–Kier alpha value is -1.51. The highest BCUT2D eigenvalue weighted by atomic mass is 16.5. The Bertz CT molecular complexity index is 737. The molecule has 0 unspecified atom stereocenters. The van der Waals surface area contributed by atoms with Crippen molar-refractivity contribution in [3.05, 3.63) is 28.8 Å². The van der Waals surface area contributed by atoms with Crippen molar-refractivity contribution in [1.29, 1.82) is 0 Å². The molecule has 1 rings (SSSR count). The molecule has 3 nitrogen and oxygen atoms in total. The topological polar surface area (TPSA) is 46.5 Å². The van der Waals surface area contributed by atoms with Crippen molar-refractivity contribution >= 4 is 5.97 Å². The van der Waals surface area contributed by atoms with Crippen molar-refractivity contribution in [1.82, 2.24) is 0 Å². The molecular formula is C33H58O3. The number of ether oxygens (including phenoxy) is 1. The Kier molecular flexibility index (Phi) is 15.4. The first kappa shape index (κ1) is 32.5. The van der Waals surface area contributed by atoms with Gasteiger partial charge >= 0.3 is 5.97 Å². The lowest BCUT2D eigenvalue weighted by Gasteiger charge is -2.32. The number of rotatable bonds is 18. The average Bonchev–Trinajstić information content (AvgIpc) is 2.79. The Morgan fingerprint density at radius 2 is 1.03 bits per heavy atom. The molecule has 0 aliphatic carbocycles. The predicted octanol–water partition coefficient (Wildman–Crippen LogP) is 10.4. The molecule has 0 bridgehead atoms. The van der Waals surface area contributed by atoms with Gasteiger partial charge < -0.3 is 9.84 Å². The van der Waals surface area contributed by atoms with Crippen LogP contribution in [0, 0.1) is 0 Å². The highest BCUT2D eigenvalue weighted by Gasteiger charge is 2.32. The lowest BCUT2D eigenvalue weighted by Crippen LogP contribution is -2.26. The number of benzene rings is 1. The minimum absolute atomic E-state index is 0.252. The van der Waals surface area contributed by atoms with Gasteiger partial charge in [-0.25, -0.2) is 4.79 Å². The SMILES string of the molecule is CCCCCCCCCCCCCCCCCCOC(=O)c1ccc(O)c(C(C)(C)C)c1C(C)(C)C. The normalized spacial score (nSPS) is 12.2. The van der Waals surface area contributed by atoms with Gasteiger partial charge in [-0.1, -0.05) is 145 Å². The highest BCUT2D eigenvalue weighted by molar-refractivity contribution is 5.92. The van der Waals surface area contributed by atoms with E-state index in [-0.39, 0.29) is 22.5 Å². The van der Waals surface area contributed by atoms with E-state index in [1.807, 2.05) is 0 Å². The summed E-state index contributed by atoms with van der Waals surface area (Å²) in [7, 11) is 0. The monoisotopic (exact) mass is 502 g/mol. The lowest BCUT2D eigenvalue weighted by atomic mass is 9.72. The molecule has 0 saturated carbocycles. The van der Waals surface area contributed by atoms with Crippen molar-refractivity contribution < 1.29 is 14.6 Å². The number of hydrogen-bond donors (Lipinski definition) is 1. The molecule has 1 aromatic carbocycles. The summed E-state index contributed by atoms with van der Waals surface area (Å²) in [5.74, 6) is -0.0202. The standard InChI is InChI=1S/C33H58O3/c1-8-9-10-11-12-13-14-15-16-17-18-19-20-21-22-23-26-36-31(35)27-24-25-28(34)30(33(5,6)7)29(27)32(2,3)4/h24-25,34H,8-23,26H2,1-7H3. The first-order chi connectivity index (χ1) is 17.0. The number of phenolic OH excluding ortho intramolecular Hbond substituents is 1. The van der Waals surface area contributed by atoms with Gasteiger partial charge in [-0.3, -0.25) is 0 Å². The number of carbonyl (C=O) groups excluding carboxylic acids is 1. The van der Waals surface area contributed by atoms with E-state index < -0.39 is 0 Å². The third kappa shape index (κ3) is 12.6. The summed E-state index contributed by atoms with van der Waals surface area (Å²) in [6.07, 6.45) is 21.3. The van der Waals surface area contributed by atoms with Gasteiger partial charge in [0.25, 0.3) is 0 Å². The van der Waals surface area contributed by atoms with Crippen LogP contribution in [-0.2, 0) is 15.6 Å². The Labute approximate surface area is 223 Å². The number of aromatic hydroxyl groups is 1. The third-order valence-corrected chi connectivity index (χ3v) is 7.13. The lowest BCUT2D eigenvalue weighted by molar-refractivity contribution is 0.0494. The van der Waals surface area contributed by atoms with Crippen LogP contribution in [0.2, 0.25) is 0 Å². The Morgan fingerprint density at radius 1 is 0.639 bits per heavy atom. The molecule has 36 heavy (non-hydrogen) atoms. The third-order valence-electron chi connectivity index (χ3n) is 7.13. The molecule has 0 spiro atoms. The zero-order valence-corrected chi connectivity index (χ0v) is 24.9. The molecule has 3 heteroatoms. The fraction of sp³-hybridized carbons (Fsp3) is 0.788. The fourth-order valence-electron chi connectivity index (χ4n) is 5.19. The zero-order valence-electron chi connectivity index (χ0n) is 24.9. The van der Waals surface area contributed by atoms with Crippen molar-refractivity contribution in [2.24, 2.45) is 0 Å². The fourth-order valence-corrected chi connectivity index (χ4v) is 5.19. The van der Waals surface area contributed by atoms with E-state index in [1.165, 1.54) is 89.9 Å². The van der Waals surface area contributed by atoms with E-state index in [0.29, 0.717) is 12.2 Å². The van der Waals surface area contributed by atoms with Gasteiger partial charge in [-0.2, -0.15) is 0 Å². The Balaban J connectivity index is 2.23. The smallest absolute Gasteiger partial charge is 0.338 e. The second-order valence-corrected chi connectivity index (χ2v) is 12.8. The molecule has 0 radical (unpaired) electrons. The summed E-state index contributed by atoms with van der Waals surface area (Å²) in [6.45, 7) is 15.2. The molecule has 1 aromatic rings. The average molecular weight is 503 g/mol. The van der Waals surface area contributed by atoms with Gasteiger partial charge in [0.05, 0.1) is 12.2 Å². The van der Waals surface area contributed by atoms with Gasteiger partial charge in [0.2, 0.25) is 0 Å². The largest absolute Gasteiger partial charge is 0.508 e. The van der Waals surface area contributed by atoms with E-state index in [4.69, 9.17) is 4.74 Å². The van der Waals surface area contributed by atoms with E-state index in [0.717, 1.165) is 24.0 Å². The zero-order chi connectivity index (χ0) is 27.0. The molecule has 0 fully saturated rings. The first-order valence-electron chi connectivity index (χ1n) is 15.0. The number of phenols is 1. The number of carbonyl (C=O) groups is 1. The molecule has 0 amide bonds. The number of hydrogen-bond acceptors (Lipinski definition) is 3. The first-order valence-corrected chi connectivity index (χ1v) is 15.0. The van der Waals surface area contributed by atoms with Gasteiger partial charge in [-0.15, -0.1) is 0 Å². The highest BCUT2D eigenvalue weighted by Crippen LogP contribution is 2.41. The maximum absolute atomic E-state index is 13.0. The second kappa shape index (κ2) is 17.1. The van der Waals surface area contributed by atoms with Crippen LogP contribution < -0.4 is 0 Å². The van der Waals surface area contributed by atoms with E-state index in [2.05, 4.69) is 48.5 Å². The molecule has 1 N–H and O–H groups in total. The molecular weight excluding hydrogens is 444 g/mol. The van der Waals surface area contributed by atoms with Crippen LogP contribution in [0.15, 0.2) is 12.1 Å². The minimum atomic E-state index is -0.274. The van der Waals surface area contributed by atoms with Crippen molar-refractivity contribution in [2.75, 3.05) is 6.61 Å². The van der Waals surface area contributed by atoms with Crippen LogP contribution in [0.1, 0.15) is 173 Å². The van der Waals surface area contributed by atoms with Crippen molar-refractivity contribution in [3.63, 3.8) is 0 Å². The van der Waals surface area contributed by atoms with E-state index in [9.17, 15) is 9.90 Å². The van der Waals surface area contributed by atoms with Crippen molar-refractivity contribution in [2.45, 2.75) is 162 Å². The number of esters is 1. The summed E-state index contributed by atoms with van der Waals surface area (Å²) < 4.78 is 5.67. The molecule has 208 valence electrons. The molecule has 0 aromatic heterocycles. The summed E-state index contributed by atoms with van der Waals surface area (Å²) in [6, 6.07) is 3.36. The summed E-state index contributed by atoms with van der Waals surface area (Å²) in [4.78, 5) is 13.0. The maximum Gasteiger partial charge on any atom is 0.338 e. The number of unbranched alkanes of at least 4 members (excludes halogenated alkanes) is 15. The van der Waals surface area contributed by atoms with Gasteiger partial charge in [0, 0.05) is 5.56 Å². The van der Waals surface area contributed by atoms with Crippen LogP contribution in [0.4, 0.5) is 0 Å². The predicted molar refractivity (Wildman–Crippen MR) is 155 cm³/mol. The van der Waals surface area contributed by atoms with Crippen LogP contribution in [-0.4, -0.2) is 17.7 Å². The molecule has 0 saturated heterocycles. The van der Waals surface area contributed by atoms with Crippen LogP contribution in [0.5, 0.6) is 5.75 Å².